The number of likely N-dealkylation sites (tertiary alicyclic amines) is 1. The molecule has 6 nitrogen and oxygen atoms in total. The van der Waals surface area contributed by atoms with E-state index >= 15 is 0 Å². The molecular formula is C23H34N4O2. The van der Waals surface area contributed by atoms with Crippen molar-refractivity contribution in [2.45, 2.75) is 70.8 Å². The molecule has 0 unspecified atom stereocenters. The molecule has 29 heavy (non-hydrogen) atoms. The van der Waals surface area contributed by atoms with Crippen LogP contribution in [0.4, 0.5) is 0 Å². The van der Waals surface area contributed by atoms with E-state index in [2.05, 4.69) is 27.7 Å². The van der Waals surface area contributed by atoms with Gasteiger partial charge in [0.05, 0.1) is 11.0 Å². The first kappa shape index (κ1) is 20.4. The molecule has 6 heteroatoms. The van der Waals surface area contributed by atoms with Gasteiger partial charge < -0.3 is 9.47 Å². The van der Waals surface area contributed by atoms with Crippen LogP contribution in [0.15, 0.2) is 18.2 Å². The summed E-state index contributed by atoms with van der Waals surface area (Å²) < 4.78 is 2.44. The van der Waals surface area contributed by atoms with Gasteiger partial charge >= 0.3 is 0 Å². The van der Waals surface area contributed by atoms with E-state index in [1.165, 1.54) is 69.4 Å². The van der Waals surface area contributed by atoms with Gasteiger partial charge in [-0.3, -0.25) is 10.0 Å². The maximum atomic E-state index is 11.3. The highest BCUT2D eigenvalue weighted by molar-refractivity contribution is 5.78. The van der Waals surface area contributed by atoms with Crippen molar-refractivity contribution in [2.24, 2.45) is 5.92 Å². The summed E-state index contributed by atoms with van der Waals surface area (Å²) in [5.74, 6) is 1.74. The summed E-state index contributed by atoms with van der Waals surface area (Å²) in [7, 11) is 0. The summed E-state index contributed by atoms with van der Waals surface area (Å²) in [4.78, 5) is 18.9. The number of hydrogen-bond donors (Lipinski definition) is 2. The number of fused-ring (bicyclic) bond motifs is 1. The number of carbonyl (C=O) groups is 1. The highest BCUT2D eigenvalue weighted by atomic mass is 16.5. The molecule has 1 aliphatic carbocycles. The topological polar surface area (TPSA) is 70.4 Å². The maximum absolute atomic E-state index is 11.3. The lowest BCUT2D eigenvalue weighted by atomic mass is 10.0. The van der Waals surface area contributed by atoms with Gasteiger partial charge in [-0.05, 0) is 62.4 Å². The number of imidazole rings is 1. The van der Waals surface area contributed by atoms with Gasteiger partial charge in [0.2, 0.25) is 5.91 Å². The largest absolute Gasteiger partial charge is 0.327 e. The molecule has 158 valence electrons. The van der Waals surface area contributed by atoms with Crippen LogP contribution < -0.4 is 5.48 Å². The zero-order valence-corrected chi connectivity index (χ0v) is 17.4. The summed E-state index contributed by atoms with van der Waals surface area (Å²) >= 11 is 0. The fourth-order valence-electron chi connectivity index (χ4n) is 5.01. The second kappa shape index (κ2) is 9.72. The van der Waals surface area contributed by atoms with Crippen LogP contribution in [-0.4, -0.2) is 45.2 Å². The molecule has 0 bridgehead atoms. The fraction of sp³-hybridized carbons (Fsp3) is 0.652. The summed E-state index contributed by atoms with van der Waals surface area (Å²) in [6, 6.07) is 6.38. The summed E-state index contributed by atoms with van der Waals surface area (Å²) in [6.07, 6.45) is 11.4. The van der Waals surface area contributed by atoms with E-state index in [1.807, 2.05) is 0 Å². The lowest BCUT2D eigenvalue weighted by molar-refractivity contribution is -0.129. The Morgan fingerprint density at radius 2 is 1.90 bits per heavy atom. The molecular weight excluding hydrogens is 364 g/mol. The maximum Gasteiger partial charge on any atom is 0.243 e. The van der Waals surface area contributed by atoms with Gasteiger partial charge in [-0.15, -0.1) is 0 Å². The fourth-order valence-corrected chi connectivity index (χ4v) is 5.01. The second-order valence-corrected chi connectivity index (χ2v) is 8.78. The number of hydrogen-bond acceptors (Lipinski definition) is 4. The molecule has 1 aliphatic heterocycles. The molecule has 2 N–H and O–H groups in total. The molecule has 2 heterocycles. The number of carbonyl (C=O) groups excluding carboxylic acids is 1. The van der Waals surface area contributed by atoms with Gasteiger partial charge in [-0.2, -0.15) is 0 Å². The first-order valence-electron chi connectivity index (χ1n) is 11.4. The van der Waals surface area contributed by atoms with Crippen LogP contribution in [0.1, 0.15) is 62.8 Å². The lowest BCUT2D eigenvalue weighted by Gasteiger charge is -2.17. The number of aryl methyl sites for hydroxylation is 2. The molecule has 1 amide bonds. The van der Waals surface area contributed by atoms with Crippen molar-refractivity contribution in [2.75, 3.05) is 19.6 Å². The quantitative estimate of drug-likeness (QED) is 0.499. The minimum absolute atomic E-state index is 0.284. The molecule has 2 aliphatic rings. The Bertz CT molecular complexity index is 820. The third-order valence-corrected chi connectivity index (χ3v) is 6.75. The second-order valence-electron chi connectivity index (χ2n) is 8.78. The zero-order chi connectivity index (χ0) is 20.1. The van der Waals surface area contributed by atoms with Crippen LogP contribution in [0, 0.1) is 5.92 Å². The van der Waals surface area contributed by atoms with Crippen molar-refractivity contribution in [1.82, 2.24) is 19.9 Å². The number of benzene rings is 1. The monoisotopic (exact) mass is 398 g/mol. The van der Waals surface area contributed by atoms with E-state index in [4.69, 9.17) is 10.2 Å². The van der Waals surface area contributed by atoms with E-state index in [9.17, 15) is 4.79 Å². The van der Waals surface area contributed by atoms with Crippen LogP contribution >= 0.6 is 0 Å². The van der Waals surface area contributed by atoms with E-state index in [0.717, 1.165) is 36.5 Å². The number of aromatic nitrogens is 2. The molecule has 4 rings (SSSR count). The highest BCUT2D eigenvalue weighted by Gasteiger charge is 2.19. The molecule has 0 atom stereocenters. The minimum Gasteiger partial charge on any atom is -0.327 e. The SMILES string of the molecule is O=C(CCc1ccc2c(c1)nc(CCC1CCCC1)n2CCN1CCCC1)NO. The van der Waals surface area contributed by atoms with Crippen molar-refractivity contribution in [3.05, 3.63) is 29.6 Å². The van der Waals surface area contributed by atoms with Crippen molar-refractivity contribution in [3.8, 4) is 0 Å². The van der Waals surface area contributed by atoms with Crippen LogP contribution in [0.2, 0.25) is 0 Å². The van der Waals surface area contributed by atoms with Crippen LogP contribution in [0.5, 0.6) is 0 Å². The van der Waals surface area contributed by atoms with Gasteiger partial charge in [0, 0.05) is 25.9 Å². The molecule has 1 aromatic carbocycles. The van der Waals surface area contributed by atoms with Crippen molar-refractivity contribution < 1.29 is 10.0 Å². The van der Waals surface area contributed by atoms with Crippen molar-refractivity contribution in [1.29, 1.82) is 0 Å². The zero-order valence-electron chi connectivity index (χ0n) is 17.4. The molecule has 1 saturated carbocycles. The van der Waals surface area contributed by atoms with Crippen LogP contribution in [-0.2, 0) is 24.2 Å². The first-order valence-corrected chi connectivity index (χ1v) is 11.4. The van der Waals surface area contributed by atoms with Crippen LogP contribution in [0.25, 0.3) is 11.0 Å². The van der Waals surface area contributed by atoms with E-state index < -0.39 is 0 Å². The van der Waals surface area contributed by atoms with E-state index in [1.54, 1.807) is 5.48 Å². The molecule has 2 aromatic rings. The lowest BCUT2D eigenvalue weighted by Crippen LogP contribution is -2.24. The number of nitrogens with one attached hydrogen (secondary N) is 1. The Kier molecular flexibility index (Phi) is 6.82. The van der Waals surface area contributed by atoms with Gasteiger partial charge in [-0.25, -0.2) is 10.5 Å². The third kappa shape index (κ3) is 5.17. The average Bonchev–Trinajstić information content (AvgIpc) is 3.49. The Labute approximate surface area is 173 Å². The molecule has 2 fully saturated rings. The summed E-state index contributed by atoms with van der Waals surface area (Å²) in [6.45, 7) is 4.55. The van der Waals surface area contributed by atoms with Gasteiger partial charge in [-0.1, -0.05) is 31.7 Å². The van der Waals surface area contributed by atoms with Gasteiger partial charge in [0.15, 0.2) is 0 Å². The first-order chi connectivity index (χ1) is 14.2. The summed E-state index contributed by atoms with van der Waals surface area (Å²) in [5.41, 5.74) is 5.05. The molecule has 1 aromatic heterocycles. The predicted octanol–water partition coefficient (Wildman–Crippen LogP) is 3.69. The molecule has 0 radical (unpaired) electrons. The van der Waals surface area contributed by atoms with Crippen molar-refractivity contribution in [3.63, 3.8) is 0 Å². The minimum atomic E-state index is -0.349. The number of nitrogens with zero attached hydrogens (tertiary/aromatic N) is 3. The Morgan fingerprint density at radius 3 is 2.66 bits per heavy atom. The number of hydroxylamine groups is 1. The average molecular weight is 399 g/mol. The normalized spacial score (nSPS) is 18.1. The van der Waals surface area contributed by atoms with Crippen LogP contribution in [0.3, 0.4) is 0 Å². The standard InChI is InChI=1S/C23H34N4O2/c28-23(25-29)12-9-19-7-10-21-20(17-19)24-22(11-8-18-5-1-2-6-18)27(21)16-15-26-13-3-4-14-26/h7,10,17-18,29H,1-6,8-9,11-16H2,(H,25,28). The van der Waals surface area contributed by atoms with E-state index in [-0.39, 0.29) is 12.3 Å². The highest BCUT2D eigenvalue weighted by Crippen LogP contribution is 2.29. The van der Waals surface area contributed by atoms with Crippen molar-refractivity contribution >= 4 is 16.9 Å². The smallest absolute Gasteiger partial charge is 0.243 e. The number of rotatable bonds is 9. The summed E-state index contributed by atoms with van der Waals surface area (Å²) in [5, 5.41) is 8.70. The number of amides is 1. The predicted molar refractivity (Wildman–Crippen MR) is 114 cm³/mol. The Hall–Kier alpha value is -1.92. The Morgan fingerprint density at radius 1 is 1.10 bits per heavy atom. The molecule has 0 spiro atoms. The van der Waals surface area contributed by atoms with Gasteiger partial charge in [0.25, 0.3) is 0 Å². The third-order valence-electron chi connectivity index (χ3n) is 6.75. The Balaban J connectivity index is 1.51. The van der Waals surface area contributed by atoms with Gasteiger partial charge in [0.1, 0.15) is 5.82 Å². The molecule has 1 saturated heterocycles. The van der Waals surface area contributed by atoms with E-state index in [0.29, 0.717) is 6.42 Å².